The van der Waals surface area contributed by atoms with Crippen LogP contribution in [0.5, 0.6) is 0 Å². The summed E-state index contributed by atoms with van der Waals surface area (Å²) in [4.78, 5) is 5.54. The monoisotopic (exact) mass is 189 g/mol. The minimum atomic E-state index is 0.458. The Hall–Kier alpha value is -1.91. The van der Waals surface area contributed by atoms with Crippen LogP contribution >= 0.6 is 0 Å². The maximum absolute atomic E-state index is 5.44. The molecule has 2 rings (SSSR count). The normalized spacial score (nSPS) is 10.3. The van der Waals surface area contributed by atoms with E-state index in [2.05, 4.69) is 15.2 Å². The summed E-state index contributed by atoms with van der Waals surface area (Å²) in [6, 6.07) is 3.96. The van der Waals surface area contributed by atoms with Gasteiger partial charge in [0.2, 0.25) is 0 Å². The summed E-state index contributed by atoms with van der Waals surface area (Å²) < 4.78 is 0. The Balaban J connectivity index is 1.95. The lowest BCUT2D eigenvalue weighted by atomic mass is 10.2. The molecule has 0 atom stereocenters. The maximum Gasteiger partial charge on any atom is 0.165 e. The Morgan fingerprint density at radius 3 is 2.71 bits per heavy atom. The second kappa shape index (κ2) is 3.87. The molecule has 0 bridgehead atoms. The van der Waals surface area contributed by atoms with E-state index in [1.54, 1.807) is 23.4 Å². The van der Waals surface area contributed by atoms with Gasteiger partial charge < -0.3 is 5.73 Å². The van der Waals surface area contributed by atoms with Crippen LogP contribution in [0.4, 0.5) is 5.82 Å². The summed E-state index contributed by atoms with van der Waals surface area (Å²) in [5, 5.41) is 7.99. The van der Waals surface area contributed by atoms with Gasteiger partial charge in [0.15, 0.2) is 5.82 Å². The zero-order valence-electron chi connectivity index (χ0n) is 7.67. The van der Waals surface area contributed by atoms with E-state index in [4.69, 9.17) is 5.73 Å². The first-order chi connectivity index (χ1) is 6.84. The number of aromatic nitrogens is 4. The van der Waals surface area contributed by atoms with E-state index in [9.17, 15) is 0 Å². The molecular formula is C9H11N5. The molecule has 0 aromatic carbocycles. The molecule has 0 fully saturated rings. The van der Waals surface area contributed by atoms with Gasteiger partial charge >= 0.3 is 0 Å². The van der Waals surface area contributed by atoms with Crippen molar-refractivity contribution >= 4 is 5.82 Å². The highest BCUT2D eigenvalue weighted by molar-refractivity contribution is 5.19. The van der Waals surface area contributed by atoms with Gasteiger partial charge in [0, 0.05) is 12.4 Å². The molecule has 14 heavy (non-hydrogen) atoms. The molecule has 0 saturated carbocycles. The highest BCUT2D eigenvalue weighted by Gasteiger charge is 1.96. The van der Waals surface area contributed by atoms with Crippen molar-refractivity contribution in [3.63, 3.8) is 0 Å². The van der Waals surface area contributed by atoms with Crippen LogP contribution in [0.2, 0.25) is 0 Å². The molecule has 2 heterocycles. The molecular weight excluding hydrogens is 178 g/mol. The van der Waals surface area contributed by atoms with E-state index in [0.29, 0.717) is 5.82 Å². The molecule has 2 N–H and O–H groups in total. The van der Waals surface area contributed by atoms with Crippen molar-refractivity contribution in [1.82, 2.24) is 20.0 Å². The zero-order chi connectivity index (χ0) is 9.80. The number of pyridine rings is 1. The van der Waals surface area contributed by atoms with Crippen molar-refractivity contribution in [2.24, 2.45) is 0 Å². The van der Waals surface area contributed by atoms with Crippen LogP contribution in [-0.4, -0.2) is 20.0 Å². The average molecular weight is 189 g/mol. The Kier molecular flexibility index (Phi) is 2.40. The fourth-order valence-electron chi connectivity index (χ4n) is 1.20. The largest absolute Gasteiger partial charge is 0.381 e. The van der Waals surface area contributed by atoms with Crippen LogP contribution in [0.1, 0.15) is 5.56 Å². The third-order valence-electron chi connectivity index (χ3n) is 1.90. The zero-order valence-corrected chi connectivity index (χ0v) is 7.67. The van der Waals surface area contributed by atoms with Crippen LogP contribution in [-0.2, 0) is 13.0 Å². The summed E-state index contributed by atoms with van der Waals surface area (Å²) in [5.41, 5.74) is 6.66. The highest BCUT2D eigenvalue weighted by Crippen LogP contribution is 1.99. The number of nitrogen functional groups attached to an aromatic ring is 1. The van der Waals surface area contributed by atoms with Gasteiger partial charge in [0.25, 0.3) is 0 Å². The first kappa shape index (κ1) is 8.68. The topological polar surface area (TPSA) is 69.6 Å². The smallest absolute Gasteiger partial charge is 0.165 e. The summed E-state index contributed by atoms with van der Waals surface area (Å²) in [7, 11) is 0. The van der Waals surface area contributed by atoms with Gasteiger partial charge in [-0.05, 0) is 24.1 Å². The standard InChI is InChI=1S/C9H11N5/c10-9-7-12-14(13-9)6-3-8-1-4-11-5-2-8/h1-2,4-5,7H,3,6H2,(H2,10,13). The number of aryl methyl sites for hydroxylation is 2. The molecule has 0 aliphatic heterocycles. The molecule has 5 nitrogen and oxygen atoms in total. The van der Waals surface area contributed by atoms with Crippen molar-refractivity contribution in [1.29, 1.82) is 0 Å². The molecule has 0 spiro atoms. The summed E-state index contributed by atoms with van der Waals surface area (Å²) in [5.74, 6) is 0.458. The molecule has 0 amide bonds. The minimum Gasteiger partial charge on any atom is -0.381 e. The molecule has 5 heteroatoms. The fourth-order valence-corrected chi connectivity index (χ4v) is 1.20. The van der Waals surface area contributed by atoms with Gasteiger partial charge in [0.05, 0.1) is 12.7 Å². The van der Waals surface area contributed by atoms with E-state index in [-0.39, 0.29) is 0 Å². The lowest BCUT2D eigenvalue weighted by Crippen LogP contribution is -2.05. The van der Waals surface area contributed by atoms with Gasteiger partial charge in [-0.15, -0.1) is 5.10 Å². The number of nitrogens with zero attached hydrogens (tertiary/aromatic N) is 4. The maximum atomic E-state index is 5.44. The predicted octanol–water partition coefficient (Wildman–Crippen LogP) is 0.498. The number of nitrogens with two attached hydrogens (primary N) is 1. The van der Waals surface area contributed by atoms with E-state index in [1.165, 1.54) is 5.56 Å². The van der Waals surface area contributed by atoms with E-state index in [1.807, 2.05) is 12.1 Å². The SMILES string of the molecule is Nc1cnn(CCc2ccncc2)n1. The Bertz CT molecular complexity index is 395. The lowest BCUT2D eigenvalue weighted by Gasteiger charge is -1.99. The van der Waals surface area contributed by atoms with Crippen LogP contribution < -0.4 is 5.73 Å². The lowest BCUT2D eigenvalue weighted by molar-refractivity contribution is 0.538. The number of hydrogen-bond donors (Lipinski definition) is 1. The molecule has 0 aliphatic carbocycles. The second-order valence-corrected chi connectivity index (χ2v) is 2.97. The van der Waals surface area contributed by atoms with Crippen molar-refractivity contribution in [3.8, 4) is 0 Å². The molecule has 0 saturated heterocycles. The molecule has 0 radical (unpaired) electrons. The highest BCUT2D eigenvalue weighted by atomic mass is 15.5. The first-order valence-electron chi connectivity index (χ1n) is 4.39. The third-order valence-corrected chi connectivity index (χ3v) is 1.90. The summed E-state index contributed by atoms with van der Waals surface area (Å²) in [6.45, 7) is 0.737. The van der Waals surface area contributed by atoms with Gasteiger partial charge in [-0.3, -0.25) is 4.98 Å². The Morgan fingerprint density at radius 2 is 2.07 bits per heavy atom. The van der Waals surface area contributed by atoms with Crippen LogP contribution in [0.15, 0.2) is 30.7 Å². The predicted molar refractivity (Wildman–Crippen MR) is 52.4 cm³/mol. The van der Waals surface area contributed by atoms with Crippen molar-refractivity contribution in [2.45, 2.75) is 13.0 Å². The number of rotatable bonds is 3. The number of anilines is 1. The second-order valence-electron chi connectivity index (χ2n) is 2.97. The van der Waals surface area contributed by atoms with Gasteiger partial charge in [0.1, 0.15) is 0 Å². The van der Waals surface area contributed by atoms with Gasteiger partial charge in [-0.2, -0.15) is 9.90 Å². The van der Waals surface area contributed by atoms with Crippen LogP contribution in [0.25, 0.3) is 0 Å². The van der Waals surface area contributed by atoms with Crippen LogP contribution in [0.3, 0.4) is 0 Å². The number of hydrogen-bond acceptors (Lipinski definition) is 4. The summed E-state index contributed by atoms with van der Waals surface area (Å²) in [6.07, 6.45) is 5.99. The fraction of sp³-hybridized carbons (Fsp3) is 0.222. The Morgan fingerprint density at radius 1 is 1.29 bits per heavy atom. The van der Waals surface area contributed by atoms with Crippen LogP contribution in [0, 0.1) is 0 Å². The quantitative estimate of drug-likeness (QED) is 0.763. The van der Waals surface area contributed by atoms with E-state index >= 15 is 0 Å². The molecule has 2 aromatic rings. The van der Waals surface area contributed by atoms with Gasteiger partial charge in [-0.25, -0.2) is 0 Å². The Labute approximate surface area is 81.6 Å². The van der Waals surface area contributed by atoms with Gasteiger partial charge in [-0.1, -0.05) is 0 Å². The average Bonchev–Trinajstić information content (AvgIpc) is 2.63. The van der Waals surface area contributed by atoms with Crippen molar-refractivity contribution in [2.75, 3.05) is 5.73 Å². The summed E-state index contributed by atoms with van der Waals surface area (Å²) >= 11 is 0. The third kappa shape index (κ3) is 2.07. The first-order valence-corrected chi connectivity index (χ1v) is 4.39. The molecule has 2 aromatic heterocycles. The van der Waals surface area contributed by atoms with Crippen molar-refractivity contribution in [3.05, 3.63) is 36.3 Å². The minimum absolute atomic E-state index is 0.458. The van der Waals surface area contributed by atoms with E-state index < -0.39 is 0 Å². The molecule has 0 aliphatic rings. The molecule has 72 valence electrons. The van der Waals surface area contributed by atoms with Crippen molar-refractivity contribution < 1.29 is 0 Å². The van der Waals surface area contributed by atoms with E-state index in [0.717, 1.165) is 13.0 Å². The molecule has 0 unspecified atom stereocenters.